The van der Waals surface area contributed by atoms with E-state index >= 15 is 0 Å². The van der Waals surface area contributed by atoms with Gasteiger partial charge in [0.1, 0.15) is 12.2 Å². The van der Waals surface area contributed by atoms with Crippen molar-refractivity contribution in [3.63, 3.8) is 0 Å². The Morgan fingerprint density at radius 3 is 2.54 bits per heavy atom. The SMILES string of the molecule is COC[C@H]1OC(=O)/C(=C/N(C)CCCC(=O)O)C2=C(O)C(=O)C3=C([C@H](OC(C)=O)C[C@]4(C)[C@@H](O)CC[C@@H]34)[C@]21C. The predicted molar refractivity (Wildman–Crippen MR) is 136 cm³/mol. The van der Waals surface area contributed by atoms with E-state index in [-0.39, 0.29) is 30.6 Å². The number of aliphatic carboxylic acids is 1. The van der Waals surface area contributed by atoms with Gasteiger partial charge in [0.15, 0.2) is 5.76 Å². The summed E-state index contributed by atoms with van der Waals surface area (Å²) in [4.78, 5) is 52.1. The topological polar surface area (TPSA) is 160 Å². The highest BCUT2D eigenvalue weighted by Gasteiger charge is 2.64. The number of aliphatic hydroxyl groups excluding tert-OH is 2. The van der Waals surface area contributed by atoms with Gasteiger partial charge in [-0.3, -0.25) is 14.4 Å². The largest absolute Gasteiger partial charge is 0.504 e. The third kappa shape index (κ3) is 4.65. The lowest BCUT2D eigenvalue weighted by Gasteiger charge is -2.54. The Bertz CT molecular complexity index is 1180. The second kappa shape index (κ2) is 10.4. The number of rotatable bonds is 8. The minimum absolute atomic E-state index is 0.0403. The Morgan fingerprint density at radius 1 is 1.23 bits per heavy atom. The van der Waals surface area contributed by atoms with E-state index in [9.17, 15) is 29.4 Å². The van der Waals surface area contributed by atoms with E-state index in [2.05, 4.69) is 0 Å². The first kappa shape index (κ1) is 28.8. The zero-order valence-corrected chi connectivity index (χ0v) is 23.0. The normalized spacial score (nSPS) is 34.9. The molecule has 2 fully saturated rings. The molecule has 0 aromatic carbocycles. The van der Waals surface area contributed by atoms with Crippen LogP contribution in [0.15, 0.2) is 34.3 Å². The second-order valence-corrected chi connectivity index (χ2v) is 11.4. The standard InChI is InChI=1S/C28H37NO10/c1-14(30)38-17-11-27(2)16(8-9-18(27)31)21-23(17)28(3)19(13-37-5)39-26(36)15(22(28)25(35)24(21)34)12-29(4)10-6-7-20(32)33/h12,16-19,31,35H,6-11,13H2,1-5H3,(H,32,33)/b15-12+/t16-,17+,18-,19+,27-,28-/m0/s1. The summed E-state index contributed by atoms with van der Waals surface area (Å²) >= 11 is 0. The van der Waals surface area contributed by atoms with Crippen LogP contribution in [0.5, 0.6) is 0 Å². The van der Waals surface area contributed by atoms with Gasteiger partial charge in [0.05, 0.1) is 23.7 Å². The van der Waals surface area contributed by atoms with Crippen molar-refractivity contribution in [2.75, 3.05) is 27.3 Å². The molecule has 0 unspecified atom stereocenters. The van der Waals surface area contributed by atoms with Gasteiger partial charge in [-0.05, 0) is 44.1 Å². The van der Waals surface area contributed by atoms with Gasteiger partial charge in [0.2, 0.25) is 5.78 Å². The van der Waals surface area contributed by atoms with Crippen molar-refractivity contribution in [3.05, 3.63) is 34.3 Å². The molecule has 214 valence electrons. The molecule has 0 bridgehead atoms. The molecule has 1 heterocycles. The number of methoxy groups -OCH3 is 1. The van der Waals surface area contributed by atoms with E-state index in [1.54, 1.807) is 18.9 Å². The molecule has 0 aromatic rings. The number of nitrogens with zero attached hydrogens (tertiary/aromatic N) is 1. The van der Waals surface area contributed by atoms with Crippen molar-refractivity contribution in [2.45, 2.75) is 71.2 Å². The molecular formula is C28H37NO10. The molecule has 11 nitrogen and oxygen atoms in total. The number of fused-ring (bicyclic) bond motifs is 4. The van der Waals surface area contributed by atoms with Gasteiger partial charge in [-0.15, -0.1) is 0 Å². The average Bonchev–Trinajstić information content (AvgIpc) is 3.13. The van der Waals surface area contributed by atoms with Gasteiger partial charge in [0, 0.05) is 56.8 Å². The number of carbonyl (C=O) groups is 4. The van der Waals surface area contributed by atoms with Crippen LogP contribution in [0.3, 0.4) is 0 Å². The van der Waals surface area contributed by atoms with E-state index in [0.29, 0.717) is 37.0 Å². The lowest BCUT2D eigenvalue weighted by atomic mass is 9.53. The predicted octanol–water partition coefficient (Wildman–Crippen LogP) is 2.05. The molecule has 0 aromatic heterocycles. The fraction of sp³-hybridized carbons (Fsp3) is 0.643. The number of esters is 2. The summed E-state index contributed by atoms with van der Waals surface area (Å²) in [6.07, 6.45) is 0.333. The molecule has 6 atom stereocenters. The van der Waals surface area contributed by atoms with E-state index in [4.69, 9.17) is 19.3 Å². The molecule has 4 aliphatic rings. The van der Waals surface area contributed by atoms with E-state index in [0.717, 1.165) is 0 Å². The van der Waals surface area contributed by atoms with Crippen LogP contribution < -0.4 is 0 Å². The molecule has 1 saturated carbocycles. The Labute approximate surface area is 227 Å². The Balaban J connectivity index is 1.91. The van der Waals surface area contributed by atoms with Gasteiger partial charge in [-0.25, -0.2) is 4.79 Å². The lowest BCUT2D eigenvalue weighted by molar-refractivity contribution is -0.161. The number of ketones is 1. The first-order valence-electron chi connectivity index (χ1n) is 13.2. The van der Waals surface area contributed by atoms with Gasteiger partial charge in [0.25, 0.3) is 0 Å². The monoisotopic (exact) mass is 547 g/mol. The molecule has 3 N–H and O–H groups in total. The Hall–Kier alpha value is -3.18. The molecular weight excluding hydrogens is 510 g/mol. The van der Waals surface area contributed by atoms with Gasteiger partial charge >= 0.3 is 17.9 Å². The number of cyclic esters (lactones) is 1. The summed E-state index contributed by atoms with van der Waals surface area (Å²) < 4.78 is 17.1. The number of aliphatic hydroxyl groups is 2. The number of carbonyl (C=O) groups excluding carboxylic acids is 3. The smallest absolute Gasteiger partial charge is 0.340 e. The van der Waals surface area contributed by atoms with E-state index in [1.807, 2.05) is 6.92 Å². The quantitative estimate of drug-likeness (QED) is 0.301. The number of hydrogen-bond acceptors (Lipinski definition) is 10. The number of allylic oxidation sites excluding steroid dienone is 1. The zero-order valence-electron chi connectivity index (χ0n) is 23.0. The van der Waals surface area contributed by atoms with Crippen LogP contribution in [-0.4, -0.2) is 89.5 Å². The van der Waals surface area contributed by atoms with E-state index < -0.39 is 64.5 Å². The highest BCUT2D eigenvalue weighted by molar-refractivity contribution is 6.13. The maximum atomic E-state index is 14.0. The van der Waals surface area contributed by atoms with Crippen molar-refractivity contribution >= 4 is 23.7 Å². The molecule has 39 heavy (non-hydrogen) atoms. The van der Waals surface area contributed by atoms with Crippen LogP contribution in [0.1, 0.15) is 52.9 Å². The average molecular weight is 548 g/mol. The number of carboxylic acids is 1. The highest BCUT2D eigenvalue weighted by atomic mass is 16.6. The Morgan fingerprint density at radius 2 is 1.92 bits per heavy atom. The molecule has 1 saturated heterocycles. The number of ether oxygens (including phenoxy) is 3. The van der Waals surface area contributed by atoms with Crippen LogP contribution in [0.2, 0.25) is 0 Å². The third-order valence-electron chi connectivity index (χ3n) is 8.91. The van der Waals surface area contributed by atoms with Crippen molar-refractivity contribution in [2.24, 2.45) is 16.7 Å². The van der Waals surface area contributed by atoms with Crippen LogP contribution in [0.25, 0.3) is 0 Å². The molecule has 1 aliphatic heterocycles. The molecule has 0 amide bonds. The molecule has 0 spiro atoms. The summed E-state index contributed by atoms with van der Waals surface area (Å²) in [6, 6.07) is 0. The van der Waals surface area contributed by atoms with Gasteiger partial charge in [-0.1, -0.05) is 6.92 Å². The maximum Gasteiger partial charge on any atom is 0.340 e. The van der Waals surface area contributed by atoms with E-state index in [1.165, 1.54) is 20.2 Å². The summed E-state index contributed by atoms with van der Waals surface area (Å²) in [5.74, 6) is -3.92. The number of hydrogen-bond donors (Lipinski definition) is 3. The van der Waals surface area contributed by atoms with Crippen molar-refractivity contribution in [1.29, 1.82) is 0 Å². The minimum Gasteiger partial charge on any atom is -0.504 e. The van der Waals surface area contributed by atoms with Crippen molar-refractivity contribution < 1.29 is 48.7 Å². The lowest BCUT2D eigenvalue weighted by Crippen LogP contribution is -2.57. The summed E-state index contributed by atoms with van der Waals surface area (Å²) in [6.45, 7) is 5.13. The number of carboxylic acid groups (broad SMARTS) is 1. The zero-order chi connectivity index (χ0) is 28.9. The van der Waals surface area contributed by atoms with Crippen LogP contribution >= 0.6 is 0 Å². The van der Waals surface area contributed by atoms with Crippen molar-refractivity contribution in [1.82, 2.24) is 4.90 Å². The third-order valence-corrected chi connectivity index (χ3v) is 8.91. The molecule has 4 rings (SSSR count). The molecule has 11 heteroatoms. The summed E-state index contributed by atoms with van der Waals surface area (Å²) in [5, 5.41) is 31.4. The molecule has 3 aliphatic carbocycles. The van der Waals surface area contributed by atoms with Crippen molar-refractivity contribution in [3.8, 4) is 0 Å². The fourth-order valence-corrected chi connectivity index (χ4v) is 7.04. The van der Waals surface area contributed by atoms with Crippen LogP contribution in [-0.2, 0) is 33.4 Å². The van der Waals surface area contributed by atoms with Crippen LogP contribution in [0.4, 0.5) is 0 Å². The second-order valence-electron chi connectivity index (χ2n) is 11.4. The molecule has 0 radical (unpaired) electrons. The minimum atomic E-state index is -1.29. The fourth-order valence-electron chi connectivity index (χ4n) is 7.04. The highest BCUT2D eigenvalue weighted by Crippen LogP contribution is 2.63. The van der Waals surface area contributed by atoms with Gasteiger partial charge < -0.3 is 34.4 Å². The maximum absolute atomic E-state index is 14.0. The van der Waals surface area contributed by atoms with Gasteiger partial charge in [-0.2, -0.15) is 0 Å². The first-order chi connectivity index (χ1) is 18.3. The van der Waals surface area contributed by atoms with Crippen LogP contribution in [0, 0.1) is 16.7 Å². The first-order valence-corrected chi connectivity index (χ1v) is 13.2. The number of Topliss-reactive ketones (excluding diaryl/α,β-unsaturated/α-hetero) is 1. The Kier molecular flexibility index (Phi) is 7.70. The summed E-state index contributed by atoms with van der Waals surface area (Å²) in [5.41, 5.74) is -1.27. The summed E-state index contributed by atoms with van der Waals surface area (Å²) in [7, 11) is 3.10.